The molecule has 1 aromatic carbocycles. The Morgan fingerprint density at radius 1 is 1.23 bits per heavy atom. The molecule has 0 aliphatic carbocycles. The van der Waals surface area contributed by atoms with Crippen LogP contribution in [0.2, 0.25) is 0 Å². The van der Waals surface area contributed by atoms with E-state index in [9.17, 15) is 9.59 Å². The van der Waals surface area contributed by atoms with E-state index in [0.717, 1.165) is 22.5 Å². The van der Waals surface area contributed by atoms with Crippen LogP contribution in [0.3, 0.4) is 0 Å². The second-order valence-corrected chi connectivity index (χ2v) is 7.54. The highest BCUT2D eigenvalue weighted by Crippen LogP contribution is 2.28. The van der Waals surface area contributed by atoms with Crippen molar-refractivity contribution >= 4 is 11.9 Å². The molecule has 1 aliphatic heterocycles. The minimum absolute atomic E-state index is 0.223. The van der Waals surface area contributed by atoms with Crippen LogP contribution >= 0.6 is 0 Å². The number of amides is 1. The first-order valence-corrected chi connectivity index (χ1v) is 9.90. The van der Waals surface area contributed by atoms with Crippen LogP contribution in [0.15, 0.2) is 40.9 Å². The van der Waals surface area contributed by atoms with Crippen molar-refractivity contribution in [1.29, 1.82) is 0 Å². The van der Waals surface area contributed by atoms with Gasteiger partial charge in [0.15, 0.2) is 6.10 Å². The molecule has 0 radical (unpaired) electrons. The fraction of sp³-hybridized carbons (Fsp3) is 0.364. The Hall–Kier alpha value is -3.42. The van der Waals surface area contributed by atoms with E-state index in [1.165, 1.54) is 0 Å². The van der Waals surface area contributed by atoms with Crippen molar-refractivity contribution in [3.05, 3.63) is 59.1 Å². The first-order chi connectivity index (χ1) is 14.4. The molecule has 0 N–H and O–H groups in total. The topological polar surface area (TPSA) is 90.5 Å². The molecule has 4 rings (SSSR count). The van der Waals surface area contributed by atoms with E-state index in [1.54, 1.807) is 9.58 Å². The second-order valence-electron chi connectivity index (χ2n) is 7.54. The molecule has 0 saturated carbocycles. The number of rotatable bonds is 6. The van der Waals surface area contributed by atoms with Crippen LogP contribution in [-0.2, 0) is 34.5 Å². The Labute approximate surface area is 174 Å². The summed E-state index contributed by atoms with van der Waals surface area (Å²) in [7, 11) is 1.85. The Bertz CT molecular complexity index is 1070. The van der Waals surface area contributed by atoms with E-state index in [4.69, 9.17) is 9.26 Å². The van der Waals surface area contributed by atoms with Gasteiger partial charge in [-0.3, -0.25) is 14.3 Å². The molecule has 8 nitrogen and oxygen atoms in total. The van der Waals surface area contributed by atoms with Crippen molar-refractivity contribution in [2.24, 2.45) is 7.05 Å². The number of hydrogen-bond acceptors (Lipinski definition) is 6. The van der Waals surface area contributed by atoms with Gasteiger partial charge >= 0.3 is 5.97 Å². The van der Waals surface area contributed by atoms with Gasteiger partial charge in [-0.25, -0.2) is 0 Å². The van der Waals surface area contributed by atoms with E-state index in [0.29, 0.717) is 24.4 Å². The van der Waals surface area contributed by atoms with Crippen molar-refractivity contribution in [1.82, 2.24) is 19.8 Å². The second kappa shape index (κ2) is 8.14. The predicted octanol–water partition coefficient (Wildman–Crippen LogP) is 2.93. The SMILES string of the molecule is Cc1cc(CN(Cc2c(-c3ccccc3)noc2C)C(=O)[C@H]2CCC(=O)O2)n(C)n1. The van der Waals surface area contributed by atoms with Crippen LogP contribution in [-0.4, -0.2) is 37.8 Å². The van der Waals surface area contributed by atoms with Gasteiger partial charge < -0.3 is 14.2 Å². The number of nitrogens with zero attached hydrogens (tertiary/aromatic N) is 4. The van der Waals surface area contributed by atoms with Crippen molar-refractivity contribution < 1.29 is 18.8 Å². The highest BCUT2D eigenvalue weighted by molar-refractivity contribution is 5.86. The van der Waals surface area contributed by atoms with Gasteiger partial charge in [-0.1, -0.05) is 35.5 Å². The zero-order valence-corrected chi connectivity index (χ0v) is 17.3. The number of cyclic esters (lactones) is 1. The molecule has 1 saturated heterocycles. The minimum Gasteiger partial charge on any atom is -0.452 e. The number of carbonyl (C=O) groups excluding carboxylic acids is 2. The predicted molar refractivity (Wildman–Crippen MR) is 108 cm³/mol. The smallest absolute Gasteiger partial charge is 0.306 e. The fourth-order valence-electron chi connectivity index (χ4n) is 3.71. The molecule has 30 heavy (non-hydrogen) atoms. The normalized spacial score (nSPS) is 16.0. The number of benzene rings is 1. The van der Waals surface area contributed by atoms with Crippen LogP contribution in [0.5, 0.6) is 0 Å². The number of aryl methyl sites for hydroxylation is 3. The van der Waals surface area contributed by atoms with Crippen LogP contribution < -0.4 is 0 Å². The number of ether oxygens (including phenoxy) is 1. The van der Waals surface area contributed by atoms with Crippen molar-refractivity contribution in [2.75, 3.05) is 0 Å². The number of aromatic nitrogens is 3. The first-order valence-electron chi connectivity index (χ1n) is 9.90. The van der Waals surface area contributed by atoms with Crippen molar-refractivity contribution in [2.45, 2.75) is 45.9 Å². The Kier molecular flexibility index (Phi) is 5.39. The fourth-order valence-corrected chi connectivity index (χ4v) is 3.71. The summed E-state index contributed by atoms with van der Waals surface area (Å²) >= 11 is 0. The van der Waals surface area contributed by atoms with Crippen LogP contribution in [0.4, 0.5) is 0 Å². The molecule has 0 bridgehead atoms. The summed E-state index contributed by atoms with van der Waals surface area (Å²) in [4.78, 5) is 26.5. The van der Waals surface area contributed by atoms with E-state index < -0.39 is 6.10 Å². The average molecular weight is 408 g/mol. The number of hydrogen-bond donors (Lipinski definition) is 0. The highest BCUT2D eigenvalue weighted by Gasteiger charge is 2.34. The molecule has 0 spiro atoms. The molecule has 156 valence electrons. The van der Waals surface area contributed by atoms with Crippen LogP contribution in [0, 0.1) is 13.8 Å². The average Bonchev–Trinajstić information content (AvgIpc) is 3.41. The third-order valence-corrected chi connectivity index (χ3v) is 5.30. The molecule has 0 unspecified atom stereocenters. The monoisotopic (exact) mass is 408 g/mol. The largest absolute Gasteiger partial charge is 0.452 e. The lowest BCUT2D eigenvalue weighted by Crippen LogP contribution is -2.38. The van der Waals surface area contributed by atoms with E-state index >= 15 is 0 Å². The van der Waals surface area contributed by atoms with E-state index in [1.807, 2.05) is 57.3 Å². The molecule has 3 aromatic rings. The van der Waals surface area contributed by atoms with Crippen molar-refractivity contribution in [3.8, 4) is 11.3 Å². The maximum atomic E-state index is 13.3. The van der Waals surface area contributed by atoms with Gasteiger partial charge in [0.05, 0.1) is 24.5 Å². The summed E-state index contributed by atoms with van der Waals surface area (Å²) in [6, 6.07) is 11.7. The van der Waals surface area contributed by atoms with Gasteiger partial charge in [-0.15, -0.1) is 0 Å². The number of carbonyl (C=O) groups is 2. The van der Waals surface area contributed by atoms with E-state index in [2.05, 4.69) is 10.3 Å². The van der Waals surface area contributed by atoms with Gasteiger partial charge in [-0.2, -0.15) is 5.10 Å². The first kappa shape index (κ1) is 19.9. The zero-order chi connectivity index (χ0) is 21.3. The molecule has 8 heteroatoms. The molecule has 1 fully saturated rings. The summed E-state index contributed by atoms with van der Waals surface area (Å²) in [5.74, 6) is 0.0892. The van der Waals surface area contributed by atoms with Crippen LogP contribution in [0.1, 0.15) is 35.6 Å². The van der Waals surface area contributed by atoms with Gasteiger partial charge in [0.2, 0.25) is 0 Å². The van der Waals surface area contributed by atoms with Gasteiger partial charge in [-0.05, 0) is 19.9 Å². The Morgan fingerprint density at radius 3 is 2.63 bits per heavy atom. The standard InChI is InChI=1S/C22H24N4O4/c1-14-11-17(25(3)23-14)12-26(22(28)19-9-10-20(27)29-19)13-18-15(2)30-24-21(18)16-7-5-4-6-8-16/h4-8,11,19H,9-10,12-13H2,1-3H3/t19-/m1/s1. The van der Waals surface area contributed by atoms with Gasteiger partial charge in [0.25, 0.3) is 5.91 Å². The maximum Gasteiger partial charge on any atom is 0.306 e. The minimum atomic E-state index is -0.757. The third-order valence-electron chi connectivity index (χ3n) is 5.30. The lowest BCUT2D eigenvalue weighted by Gasteiger charge is -2.25. The molecule has 2 aromatic heterocycles. The summed E-state index contributed by atoms with van der Waals surface area (Å²) < 4.78 is 12.5. The van der Waals surface area contributed by atoms with E-state index in [-0.39, 0.29) is 24.8 Å². The molecule has 3 heterocycles. The zero-order valence-electron chi connectivity index (χ0n) is 17.3. The molecule has 1 atom stereocenters. The molecule has 1 aliphatic rings. The lowest BCUT2D eigenvalue weighted by molar-refractivity contribution is -0.153. The summed E-state index contributed by atoms with van der Waals surface area (Å²) in [6.07, 6.45) is -0.101. The summed E-state index contributed by atoms with van der Waals surface area (Å²) in [5, 5.41) is 8.60. The highest BCUT2D eigenvalue weighted by atomic mass is 16.6. The molecular weight excluding hydrogens is 384 g/mol. The quantitative estimate of drug-likeness (QED) is 0.583. The van der Waals surface area contributed by atoms with Gasteiger partial charge in [0, 0.05) is 31.0 Å². The summed E-state index contributed by atoms with van der Waals surface area (Å²) in [5.41, 5.74) is 4.22. The van der Waals surface area contributed by atoms with Gasteiger partial charge in [0.1, 0.15) is 11.5 Å². The maximum absolute atomic E-state index is 13.3. The number of esters is 1. The molecule has 1 amide bonds. The Balaban J connectivity index is 1.66. The molecular formula is C22H24N4O4. The lowest BCUT2D eigenvalue weighted by atomic mass is 10.1. The van der Waals surface area contributed by atoms with Crippen LogP contribution in [0.25, 0.3) is 11.3 Å². The Morgan fingerprint density at radius 2 is 2.00 bits per heavy atom. The van der Waals surface area contributed by atoms with Crippen molar-refractivity contribution in [3.63, 3.8) is 0 Å². The summed E-state index contributed by atoms with van der Waals surface area (Å²) in [6.45, 7) is 4.37. The third kappa shape index (κ3) is 3.98.